The zero-order valence-electron chi connectivity index (χ0n) is 24.0. The van der Waals surface area contributed by atoms with Crippen LogP contribution in [0, 0.1) is 49.2 Å². The van der Waals surface area contributed by atoms with Crippen LogP contribution in [0.1, 0.15) is 16.8 Å². The summed E-state index contributed by atoms with van der Waals surface area (Å²) in [4.78, 5) is 16.4. The second-order valence-corrected chi connectivity index (χ2v) is 9.26. The minimum atomic E-state index is -0.649. The number of benzene rings is 3. The number of rotatable bonds is 4. The van der Waals surface area contributed by atoms with Gasteiger partial charge in [-0.05, 0) is 60.6 Å². The Morgan fingerprint density at radius 2 is 1.24 bits per heavy atom. The van der Waals surface area contributed by atoms with E-state index in [4.69, 9.17) is 0 Å². The first-order valence-electron chi connectivity index (χ1n) is 13.2. The van der Waals surface area contributed by atoms with Gasteiger partial charge >= 0.3 is 20.1 Å². The van der Waals surface area contributed by atoms with E-state index in [0.717, 1.165) is 46.8 Å². The van der Waals surface area contributed by atoms with Crippen LogP contribution in [-0.2, 0) is 20.1 Å². The molecule has 6 aromatic rings. The molecule has 0 atom stereocenters. The van der Waals surface area contributed by atoms with E-state index in [1.165, 1.54) is 0 Å². The van der Waals surface area contributed by atoms with Crippen LogP contribution in [0.2, 0.25) is 0 Å². The maximum Gasteiger partial charge on any atom is 3.00 e. The van der Waals surface area contributed by atoms with Gasteiger partial charge in [0.1, 0.15) is 5.75 Å². The van der Waals surface area contributed by atoms with Gasteiger partial charge in [0.2, 0.25) is 0 Å². The molecule has 10 heteroatoms. The monoisotopic (exact) mass is 786 g/mol. The van der Waals surface area contributed by atoms with E-state index in [2.05, 4.69) is 32.1 Å². The summed E-state index contributed by atoms with van der Waals surface area (Å²) in [6, 6.07) is 26.2. The Hall–Kier alpha value is -4.92. The number of pyridine rings is 2. The topological polar surface area (TPSA) is 72.5 Å². The molecule has 5 nitrogen and oxygen atoms in total. The van der Waals surface area contributed by atoms with E-state index >= 15 is 0 Å². The van der Waals surface area contributed by atoms with Crippen molar-refractivity contribution in [2.24, 2.45) is 4.99 Å². The van der Waals surface area contributed by atoms with Gasteiger partial charge in [-0.3, -0.25) is 22.6 Å². The van der Waals surface area contributed by atoms with Crippen LogP contribution in [-0.4, -0.2) is 21.3 Å². The van der Waals surface area contributed by atoms with Gasteiger partial charge in [-0.2, -0.15) is 6.20 Å². The number of hydrogen-bond acceptors (Lipinski definition) is 4. The summed E-state index contributed by atoms with van der Waals surface area (Å²) in [6.07, 6.45) is 6.56. The van der Waals surface area contributed by atoms with Crippen LogP contribution < -0.4 is 4.98 Å². The first-order chi connectivity index (χ1) is 21.2. The molecule has 3 heterocycles. The second-order valence-electron chi connectivity index (χ2n) is 9.26. The van der Waals surface area contributed by atoms with Gasteiger partial charge in [0, 0.05) is 41.9 Å². The Balaban J connectivity index is 0.000000183. The first kappa shape index (κ1) is 34.6. The summed E-state index contributed by atoms with van der Waals surface area (Å²) >= 11 is 0. The fourth-order valence-corrected chi connectivity index (χ4v) is 3.96. The van der Waals surface area contributed by atoms with E-state index in [0.29, 0.717) is 11.4 Å². The molecular weight excluding hydrogens is 761 g/mol. The SMILES string of the molecule is Cc1cc(O)cc(C)c1N=Cc1ccc[n-]1.Fc1c[c-]c(-c2ccccn2)c(F)c1.Fc1c[c-]c(-c2ccccn2)c(F)c1.[Ir+3]. The molecule has 6 rings (SSSR count). The van der Waals surface area contributed by atoms with Crippen molar-refractivity contribution in [3.63, 3.8) is 0 Å². The van der Waals surface area contributed by atoms with Gasteiger partial charge in [-0.25, -0.2) is 0 Å². The first-order valence-corrected chi connectivity index (χ1v) is 13.2. The molecule has 45 heavy (non-hydrogen) atoms. The minimum Gasteiger partial charge on any atom is -0.663 e. The smallest absolute Gasteiger partial charge is 0.663 e. The Bertz CT molecular complexity index is 1720. The minimum absolute atomic E-state index is 0. The summed E-state index contributed by atoms with van der Waals surface area (Å²) in [5.74, 6) is -2.29. The van der Waals surface area contributed by atoms with E-state index in [-0.39, 0.29) is 37.0 Å². The summed E-state index contributed by atoms with van der Waals surface area (Å²) in [5.41, 5.74) is 4.92. The normalized spacial score (nSPS) is 10.3. The number of aromatic hydroxyl groups is 1. The molecule has 0 bridgehead atoms. The van der Waals surface area contributed by atoms with Crippen LogP contribution in [0.25, 0.3) is 22.5 Å². The van der Waals surface area contributed by atoms with Crippen molar-refractivity contribution in [1.82, 2.24) is 15.0 Å². The Morgan fingerprint density at radius 1 is 0.733 bits per heavy atom. The predicted molar refractivity (Wildman–Crippen MR) is 161 cm³/mol. The maximum absolute atomic E-state index is 13.2. The van der Waals surface area contributed by atoms with Crippen LogP contribution in [0.3, 0.4) is 0 Å². The van der Waals surface area contributed by atoms with Gasteiger partial charge in [0.05, 0.1) is 5.69 Å². The van der Waals surface area contributed by atoms with Crippen LogP contribution in [0.15, 0.2) is 109 Å². The maximum atomic E-state index is 13.2. The molecular formula is C35H25F4IrN4O. The number of halogens is 4. The van der Waals surface area contributed by atoms with Crippen molar-refractivity contribution in [3.05, 3.63) is 156 Å². The molecule has 0 radical (unpaired) electrons. The van der Waals surface area contributed by atoms with Gasteiger partial charge in [-0.1, -0.05) is 59.7 Å². The molecule has 0 saturated heterocycles. The van der Waals surface area contributed by atoms with Gasteiger partial charge in [-0.15, -0.1) is 30.0 Å². The zero-order chi connectivity index (χ0) is 31.5. The molecule has 1 N–H and O–H groups in total. The summed E-state index contributed by atoms with van der Waals surface area (Å²) in [7, 11) is 0. The molecule has 0 aliphatic heterocycles. The number of phenols is 1. The molecule has 0 spiro atoms. The van der Waals surface area contributed by atoms with Crippen molar-refractivity contribution in [1.29, 1.82) is 0 Å². The van der Waals surface area contributed by atoms with Crippen LogP contribution >= 0.6 is 0 Å². The van der Waals surface area contributed by atoms with E-state index in [1.54, 1.807) is 73.3 Å². The number of aryl methyl sites for hydroxylation is 2. The third-order valence-corrected chi connectivity index (χ3v) is 5.94. The van der Waals surface area contributed by atoms with Crippen molar-refractivity contribution >= 4 is 11.9 Å². The molecule has 3 aromatic carbocycles. The molecule has 0 fully saturated rings. The molecule has 0 aliphatic carbocycles. The fraction of sp³-hybridized carbons (Fsp3) is 0.0571. The van der Waals surface area contributed by atoms with Gasteiger partial charge in [0.25, 0.3) is 0 Å². The predicted octanol–water partition coefficient (Wildman–Crippen LogP) is 8.37. The van der Waals surface area contributed by atoms with Gasteiger partial charge in [0.15, 0.2) is 0 Å². The Labute approximate surface area is 271 Å². The summed E-state index contributed by atoms with van der Waals surface area (Å²) in [5, 5.41) is 9.41. The molecule has 3 aromatic heterocycles. The number of nitrogens with zero attached hydrogens (tertiary/aromatic N) is 4. The fourth-order valence-electron chi connectivity index (χ4n) is 3.96. The summed E-state index contributed by atoms with van der Waals surface area (Å²) < 4.78 is 51.6. The third-order valence-electron chi connectivity index (χ3n) is 5.94. The largest absolute Gasteiger partial charge is 3.00 e. The van der Waals surface area contributed by atoms with Gasteiger partial charge < -0.3 is 20.1 Å². The van der Waals surface area contributed by atoms with Crippen LogP contribution in [0.4, 0.5) is 23.2 Å². The third kappa shape index (κ3) is 10.1. The van der Waals surface area contributed by atoms with Crippen molar-refractivity contribution in [2.75, 3.05) is 0 Å². The average Bonchev–Trinajstić information content (AvgIpc) is 3.52. The number of aliphatic imine (C=N–C) groups is 1. The Morgan fingerprint density at radius 3 is 1.64 bits per heavy atom. The second kappa shape index (κ2) is 16.8. The molecule has 0 saturated carbocycles. The van der Waals surface area contributed by atoms with Crippen molar-refractivity contribution < 1.29 is 42.8 Å². The number of phenolic OH excluding ortho intramolecular Hbond substituents is 1. The van der Waals surface area contributed by atoms with E-state index in [1.807, 2.05) is 26.0 Å². The summed E-state index contributed by atoms with van der Waals surface area (Å²) in [6.45, 7) is 3.86. The molecule has 228 valence electrons. The molecule has 0 aliphatic rings. The van der Waals surface area contributed by atoms with E-state index in [9.17, 15) is 22.7 Å². The standard InChI is InChI=1S/C13H13N2O.2C11H6F2N.Ir/c1-9-6-12(16)7-10(2)13(9)15-8-11-4-3-5-14-11;2*12-8-4-5-9(10(13)7-8)11-3-1-2-6-14-11;/h3-8H,1-2H3,(H-,14,15,16);2*1-4,6-7H;/q3*-1;+3. The van der Waals surface area contributed by atoms with Crippen molar-refractivity contribution in [3.8, 4) is 28.3 Å². The quantitative estimate of drug-likeness (QED) is 0.111. The van der Waals surface area contributed by atoms with Crippen LogP contribution in [0.5, 0.6) is 5.75 Å². The Kier molecular flexibility index (Phi) is 12.9. The zero-order valence-corrected chi connectivity index (χ0v) is 26.4. The number of hydrogen-bond donors (Lipinski definition) is 1. The molecule has 0 amide bonds. The average molecular weight is 786 g/mol. The van der Waals surface area contributed by atoms with Crippen molar-refractivity contribution in [2.45, 2.75) is 13.8 Å². The molecule has 0 unspecified atom stereocenters. The van der Waals surface area contributed by atoms with E-state index < -0.39 is 23.3 Å². The number of aromatic nitrogens is 3.